The topological polar surface area (TPSA) is 9.23 Å². The Hall–Kier alpha value is -1.22. The molecule has 1 aromatic rings. The molecule has 110 valence electrons. The third-order valence-corrected chi connectivity index (χ3v) is 3.71. The van der Waals surface area contributed by atoms with Gasteiger partial charge in [-0.3, -0.25) is 0 Å². The molecule has 1 fully saturated rings. The maximum atomic E-state index is 13.0. The standard InChI is InChI=1S/C17H22F2O/c18-17(19)11-9-15(10-12-17)6-4-5-13-20-14-16-7-2-1-3-8-16/h1-4,6-8,15H,5,9-14H2/b6-4+. The van der Waals surface area contributed by atoms with Gasteiger partial charge in [-0.2, -0.15) is 0 Å². The van der Waals surface area contributed by atoms with E-state index in [2.05, 4.69) is 12.2 Å². The molecule has 20 heavy (non-hydrogen) atoms. The first-order valence-electron chi connectivity index (χ1n) is 7.32. The average molecular weight is 280 g/mol. The van der Waals surface area contributed by atoms with Crippen LogP contribution in [0.2, 0.25) is 0 Å². The molecule has 0 atom stereocenters. The Balaban J connectivity index is 1.56. The van der Waals surface area contributed by atoms with Crippen LogP contribution in [0.25, 0.3) is 0 Å². The van der Waals surface area contributed by atoms with E-state index in [1.807, 2.05) is 30.3 Å². The normalized spacial score (nSPS) is 19.5. The molecule has 0 unspecified atom stereocenters. The summed E-state index contributed by atoms with van der Waals surface area (Å²) in [4.78, 5) is 0. The smallest absolute Gasteiger partial charge is 0.248 e. The molecule has 1 aliphatic carbocycles. The van der Waals surface area contributed by atoms with Crippen molar-refractivity contribution in [3.8, 4) is 0 Å². The van der Waals surface area contributed by atoms with Crippen molar-refractivity contribution in [1.29, 1.82) is 0 Å². The van der Waals surface area contributed by atoms with Crippen LogP contribution in [0.4, 0.5) is 8.78 Å². The van der Waals surface area contributed by atoms with E-state index >= 15 is 0 Å². The van der Waals surface area contributed by atoms with E-state index < -0.39 is 5.92 Å². The second-order valence-corrected chi connectivity index (χ2v) is 5.45. The van der Waals surface area contributed by atoms with E-state index in [1.165, 1.54) is 5.56 Å². The van der Waals surface area contributed by atoms with Crippen LogP contribution in [0.3, 0.4) is 0 Å². The van der Waals surface area contributed by atoms with Gasteiger partial charge in [0, 0.05) is 12.8 Å². The van der Waals surface area contributed by atoms with Crippen molar-refractivity contribution in [2.75, 3.05) is 6.61 Å². The van der Waals surface area contributed by atoms with E-state index in [1.54, 1.807) is 0 Å². The number of allylic oxidation sites excluding steroid dienone is 1. The van der Waals surface area contributed by atoms with Crippen LogP contribution in [0.5, 0.6) is 0 Å². The van der Waals surface area contributed by atoms with Crippen molar-refractivity contribution in [3.63, 3.8) is 0 Å². The van der Waals surface area contributed by atoms with Crippen LogP contribution in [0.15, 0.2) is 42.5 Å². The van der Waals surface area contributed by atoms with Gasteiger partial charge in [0.05, 0.1) is 13.2 Å². The number of rotatable bonds is 6. The largest absolute Gasteiger partial charge is 0.376 e. The Bertz CT molecular complexity index is 404. The highest BCUT2D eigenvalue weighted by Crippen LogP contribution is 2.36. The minimum absolute atomic E-state index is 0.0342. The molecule has 0 amide bonds. The fourth-order valence-corrected chi connectivity index (χ4v) is 2.46. The fourth-order valence-electron chi connectivity index (χ4n) is 2.46. The molecule has 0 spiro atoms. The summed E-state index contributed by atoms with van der Waals surface area (Å²) in [6.45, 7) is 1.30. The molecule has 0 aliphatic heterocycles. The first kappa shape index (κ1) is 15.2. The average Bonchev–Trinajstić information content (AvgIpc) is 2.45. The molecular weight excluding hydrogens is 258 g/mol. The zero-order chi connectivity index (χ0) is 14.3. The number of alkyl halides is 2. The van der Waals surface area contributed by atoms with Crippen molar-refractivity contribution in [1.82, 2.24) is 0 Å². The maximum Gasteiger partial charge on any atom is 0.248 e. The minimum atomic E-state index is -2.43. The quantitative estimate of drug-likeness (QED) is 0.528. The zero-order valence-electron chi connectivity index (χ0n) is 11.7. The number of benzene rings is 1. The summed E-state index contributed by atoms with van der Waals surface area (Å²) in [5.41, 5.74) is 1.17. The van der Waals surface area contributed by atoms with Gasteiger partial charge in [0.15, 0.2) is 0 Å². The molecule has 1 nitrogen and oxygen atoms in total. The predicted molar refractivity (Wildman–Crippen MR) is 76.8 cm³/mol. The van der Waals surface area contributed by atoms with Gasteiger partial charge in [-0.1, -0.05) is 42.5 Å². The first-order valence-corrected chi connectivity index (χ1v) is 7.32. The highest BCUT2D eigenvalue weighted by molar-refractivity contribution is 5.13. The predicted octanol–water partition coefficient (Wildman–Crippen LogP) is 4.98. The van der Waals surface area contributed by atoms with Gasteiger partial charge in [-0.25, -0.2) is 8.78 Å². The molecule has 3 heteroatoms. The summed E-state index contributed by atoms with van der Waals surface area (Å²) in [5.74, 6) is -2.10. The van der Waals surface area contributed by atoms with Crippen LogP contribution < -0.4 is 0 Å². The van der Waals surface area contributed by atoms with E-state index in [4.69, 9.17) is 4.74 Å². The van der Waals surface area contributed by atoms with Gasteiger partial charge in [-0.05, 0) is 30.7 Å². The highest BCUT2D eigenvalue weighted by atomic mass is 19.3. The Morgan fingerprint density at radius 2 is 1.85 bits per heavy atom. The molecule has 1 saturated carbocycles. The van der Waals surface area contributed by atoms with E-state index in [0.717, 1.165) is 6.42 Å². The van der Waals surface area contributed by atoms with Crippen molar-refractivity contribution >= 4 is 0 Å². The SMILES string of the molecule is FC1(F)CCC(/C=C/CCOCc2ccccc2)CC1. The van der Waals surface area contributed by atoms with Crippen molar-refractivity contribution in [3.05, 3.63) is 48.0 Å². The Morgan fingerprint density at radius 1 is 1.15 bits per heavy atom. The van der Waals surface area contributed by atoms with Gasteiger partial charge in [0.25, 0.3) is 0 Å². The molecule has 0 N–H and O–H groups in total. The monoisotopic (exact) mass is 280 g/mol. The second-order valence-electron chi connectivity index (χ2n) is 5.45. The van der Waals surface area contributed by atoms with Crippen LogP contribution in [-0.2, 0) is 11.3 Å². The van der Waals surface area contributed by atoms with E-state index in [-0.39, 0.29) is 12.8 Å². The molecule has 1 aliphatic rings. The molecule has 0 radical (unpaired) electrons. The number of halogens is 2. The van der Waals surface area contributed by atoms with Gasteiger partial charge >= 0.3 is 0 Å². The fraction of sp³-hybridized carbons (Fsp3) is 0.529. The van der Waals surface area contributed by atoms with Gasteiger partial charge in [-0.15, -0.1) is 0 Å². The van der Waals surface area contributed by atoms with Gasteiger partial charge in [0.1, 0.15) is 0 Å². The summed E-state index contributed by atoms with van der Waals surface area (Å²) in [6.07, 6.45) is 6.28. The van der Waals surface area contributed by atoms with Gasteiger partial charge < -0.3 is 4.74 Å². The molecule has 1 aromatic carbocycles. The number of hydrogen-bond donors (Lipinski definition) is 0. The summed E-state index contributed by atoms with van der Waals surface area (Å²) in [6, 6.07) is 10.1. The number of ether oxygens (including phenoxy) is 1. The second kappa shape index (κ2) is 7.53. The molecule has 2 rings (SSSR count). The van der Waals surface area contributed by atoms with Crippen molar-refractivity contribution in [2.24, 2.45) is 5.92 Å². The molecule has 0 aromatic heterocycles. The lowest BCUT2D eigenvalue weighted by Gasteiger charge is -2.26. The van der Waals surface area contributed by atoms with Crippen LogP contribution in [0.1, 0.15) is 37.7 Å². The first-order chi connectivity index (χ1) is 9.66. The van der Waals surface area contributed by atoms with Crippen molar-refractivity contribution < 1.29 is 13.5 Å². The zero-order valence-corrected chi connectivity index (χ0v) is 11.7. The summed E-state index contributed by atoms with van der Waals surface area (Å²) < 4.78 is 31.5. The van der Waals surface area contributed by atoms with E-state index in [0.29, 0.717) is 32.0 Å². The highest BCUT2D eigenvalue weighted by Gasteiger charge is 2.33. The van der Waals surface area contributed by atoms with Crippen LogP contribution >= 0.6 is 0 Å². The Kier molecular flexibility index (Phi) is 5.72. The maximum absolute atomic E-state index is 13.0. The third-order valence-electron chi connectivity index (χ3n) is 3.71. The summed E-state index contributed by atoms with van der Waals surface area (Å²) >= 11 is 0. The number of hydrogen-bond acceptors (Lipinski definition) is 1. The van der Waals surface area contributed by atoms with Gasteiger partial charge in [0.2, 0.25) is 5.92 Å². The summed E-state index contributed by atoms with van der Waals surface area (Å²) in [7, 11) is 0. The van der Waals surface area contributed by atoms with Crippen LogP contribution in [0, 0.1) is 5.92 Å². The van der Waals surface area contributed by atoms with Crippen LogP contribution in [-0.4, -0.2) is 12.5 Å². The van der Waals surface area contributed by atoms with E-state index in [9.17, 15) is 8.78 Å². The molecule has 0 saturated heterocycles. The lowest BCUT2D eigenvalue weighted by molar-refractivity contribution is -0.0411. The lowest BCUT2D eigenvalue weighted by atomic mass is 9.86. The molecular formula is C17H22F2O. The van der Waals surface area contributed by atoms with Crippen molar-refractivity contribution in [2.45, 2.75) is 44.6 Å². The Morgan fingerprint density at radius 3 is 2.55 bits per heavy atom. The lowest BCUT2D eigenvalue weighted by Crippen LogP contribution is -2.23. The summed E-state index contributed by atoms with van der Waals surface area (Å²) in [5, 5.41) is 0. The Labute approximate surface area is 119 Å². The third kappa shape index (κ3) is 5.41. The molecule has 0 heterocycles. The minimum Gasteiger partial charge on any atom is -0.376 e. The molecule has 0 bridgehead atoms.